The molecule has 1 unspecified atom stereocenters. The second-order valence-electron chi connectivity index (χ2n) is 7.55. The Kier molecular flexibility index (Phi) is 4.12. The van der Waals surface area contributed by atoms with Crippen molar-refractivity contribution in [1.29, 1.82) is 0 Å². The minimum atomic E-state index is -0.0949. The zero-order chi connectivity index (χ0) is 20.0. The summed E-state index contributed by atoms with van der Waals surface area (Å²) < 4.78 is 0. The van der Waals surface area contributed by atoms with Crippen LogP contribution in [0.15, 0.2) is 47.5 Å². The van der Waals surface area contributed by atoms with Gasteiger partial charge in [0.25, 0.3) is 0 Å². The molecule has 2 aromatic carbocycles. The maximum absolute atomic E-state index is 12.6. The SMILES string of the molecule is CC(C)n1nnc(-c2ccc(C3CNC(=O)N3c3ccc4c(c3)N=CC4)cc2)n1. The number of tetrazole rings is 1. The molecule has 3 aromatic rings. The summed E-state index contributed by atoms with van der Waals surface area (Å²) in [4.78, 5) is 20.4. The summed E-state index contributed by atoms with van der Waals surface area (Å²) in [5.74, 6) is 0.596. The van der Waals surface area contributed by atoms with Crippen LogP contribution in [0.25, 0.3) is 11.4 Å². The number of hydrogen-bond donors (Lipinski definition) is 1. The number of hydrogen-bond acceptors (Lipinski definition) is 5. The second-order valence-corrected chi connectivity index (χ2v) is 7.55. The summed E-state index contributed by atoms with van der Waals surface area (Å²) >= 11 is 0. The van der Waals surface area contributed by atoms with E-state index in [1.807, 2.05) is 62.5 Å². The highest BCUT2D eigenvalue weighted by Gasteiger charge is 2.33. The molecular formula is C21H21N7O. The van der Waals surface area contributed by atoms with Crippen LogP contribution in [-0.2, 0) is 6.42 Å². The first-order valence-corrected chi connectivity index (χ1v) is 9.72. The van der Waals surface area contributed by atoms with Crippen molar-refractivity contribution in [3.8, 4) is 11.4 Å². The Balaban J connectivity index is 1.43. The summed E-state index contributed by atoms with van der Waals surface area (Å²) in [6.07, 6.45) is 2.75. The third-order valence-electron chi connectivity index (χ3n) is 5.31. The standard InChI is InChI=1S/C21H21N7O/c1-13(2)28-25-20(24-26-28)16-5-3-15(4-6-16)19-12-23-21(29)27(19)17-8-7-14-9-10-22-18(14)11-17/h3-8,10-11,13,19H,9,12H2,1-2H3,(H,23,29). The van der Waals surface area contributed by atoms with Gasteiger partial charge in [-0.05, 0) is 42.3 Å². The highest BCUT2D eigenvalue weighted by molar-refractivity contribution is 5.96. The topological polar surface area (TPSA) is 88.3 Å². The third-order valence-corrected chi connectivity index (χ3v) is 5.31. The predicted molar refractivity (Wildman–Crippen MR) is 111 cm³/mol. The quantitative estimate of drug-likeness (QED) is 0.743. The number of fused-ring (bicyclic) bond motifs is 1. The van der Waals surface area contributed by atoms with Crippen LogP contribution >= 0.6 is 0 Å². The molecule has 1 N–H and O–H groups in total. The van der Waals surface area contributed by atoms with Crippen molar-refractivity contribution in [2.24, 2.45) is 4.99 Å². The van der Waals surface area contributed by atoms with E-state index in [1.54, 1.807) is 9.70 Å². The van der Waals surface area contributed by atoms with Gasteiger partial charge in [0.1, 0.15) is 0 Å². The zero-order valence-corrected chi connectivity index (χ0v) is 16.3. The van der Waals surface area contributed by atoms with E-state index in [2.05, 4.69) is 25.7 Å². The Morgan fingerprint density at radius 2 is 1.97 bits per heavy atom. The van der Waals surface area contributed by atoms with Gasteiger partial charge in [-0.2, -0.15) is 4.80 Å². The summed E-state index contributed by atoms with van der Waals surface area (Å²) in [5, 5.41) is 15.6. The Morgan fingerprint density at radius 1 is 1.14 bits per heavy atom. The van der Waals surface area contributed by atoms with Gasteiger partial charge in [0.15, 0.2) is 0 Å². The van der Waals surface area contributed by atoms with Crippen molar-refractivity contribution in [1.82, 2.24) is 25.5 Å². The molecule has 2 aliphatic rings. The number of nitrogens with one attached hydrogen (secondary N) is 1. The molecule has 1 fully saturated rings. The molecule has 0 saturated carbocycles. The molecule has 2 amide bonds. The first-order valence-electron chi connectivity index (χ1n) is 9.72. The van der Waals surface area contributed by atoms with Crippen LogP contribution in [0.5, 0.6) is 0 Å². The number of benzene rings is 2. The van der Waals surface area contributed by atoms with Gasteiger partial charge < -0.3 is 5.32 Å². The molecule has 2 aliphatic heterocycles. The van der Waals surface area contributed by atoms with E-state index < -0.39 is 0 Å². The number of urea groups is 1. The zero-order valence-electron chi connectivity index (χ0n) is 16.3. The summed E-state index contributed by atoms with van der Waals surface area (Å²) in [5.41, 5.74) is 4.93. The van der Waals surface area contributed by atoms with Gasteiger partial charge in [-0.1, -0.05) is 30.3 Å². The molecule has 1 atom stereocenters. The van der Waals surface area contributed by atoms with Crippen molar-refractivity contribution in [2.45, 2.75) is 32.4 Å². The molecule has 29 heavy (non-hydrogen) atoms. The monoisotopic (exact) mass is 387 g/mol. The van der Waals surface area contributed by atoms with E-state index >= 15 is 0 Å². The number of anilines is 1. The lowest BCUT2D eigenvalue weighted by Crippen LogP contribution is -2.29. The number of nitrogens with zero attached hydrogens (tertiary/aromatic N) is 6. The maximum Gasteiger partial charge on any atom is 0.322 e. The predicted octanol–water partition coefficient (Wildman–Crippen LogP) is 3.45. The van der Waals surface area contributed by atoms with Crippen molar-refractivity contribution in [3.63, 3.8) is 0 Å². The lowest BCUT2D eigenvalue weighted by Gasteiger charge is -2.24. The molecule has 0 spiro atoms. The van der Waals surface area contributed by atoms with Gasteiger partial charge in [0.2, 0.25) is 5.82 Å². The number of carbonyl (C=O) groups excluding carboxylic acids is 1. The lowest BCUT2D eigenvalue weighted by atomic mass is 10.0. The third kappa shape index (κ3) is 3.06. The van der Waals surface area contributed by atoms with Gasteiger partial charge in [0.05, 0.1) is 17.8 Å². The summed E-state index contributed by atoms with van der Waals surface area (Å²) in [6, 6.07) is 14.0. The molecule has 1 aromatic heterocycles. The van der Waals surface area contributed by atoms with Crippen LogP contribution in [0.4, 0.5) is 16.2 Å². The highest BCUT2D eigenvalue weighted by Crippen LogP contribution is 2.35. The normalized spacial score (nSPS) is 17.8. The number of aromatic nitrogens is 4. The second kappa shape index (κ2) is 6.80. The molecule has 1 saturated heterocycles. The average molecular weight is 387 g/mol. The smallest absolute Gasteiger partial charge is 0.322 e. The number of aliphatic imine (C=N–C) groups is 1. The van der Waals surface area contributed by atoms with E-state index in [-0.39, 0.29) is 18.1 Å². The minimum Gasteiger partial charge on any atom is -0.335 e. The van der Waals surface area contributed by atoms with E-state index in [1.165, 1.54) is 5.56 Å². The molecule has 0 bridgehead atoms. The Hall–Kier alpha value is -3.55. The van der Waals surface area contributed by atoms with Crippen molar-refractivity contribution in [2.75, 3.05) is 11.4 Å². The molecule has 146 valence electrons. The van der Waals surface area contributed by atoms with Crippen molar-refractivity contribution >= 4 is 23.6 Å². The number of rotatable bonds is 4. The van der Waals surface area contributed by atoms with Gasteiger partial charge in [-0.3, -0.25) is 9.89 Å². The van der Waals surface area contributed by atoms with Crippen LogP contribution in [0.1, 0.15) is 37.1 Å². The van der Waals surface area contributed by atoms with Crippen molar-refractivity contribution in [3.05, 3.63) is 53.6 Å². The van der Waals surface area contributed by atoms with E-state index in [0.717, 1.165) is 28.9 Å². The van der Waals surface area contributed by atoms with Crippen LogP contribution in [0.3, 0.4) is 0 Å². The first-order chi connectivity index (χ1) is 14.1. The molecule has 0 radical (unpaired) electrons. The minimum absolute atomic E-state index is 0.0840. The van der Waals surface area contributed by atoms with Crippen LogP contribution in [0, 0.1) is 0 Å². The summed E-state index contributed by atoms with van der Waals surface area (Å²) in [6.45, 7) is 4.58. The van der Waals surface area contributed by atoms with Crippen LogP contribution in [-0.4, -0.2) is 39.0 Å². The van der Waals surface area contributed by atoms with Crippen molar-refractivity contribution < 1.29 is 4.79 Å². The number of carbonyl (C=O) groups is 1. The van der Waals surface area contributed by atoms with E-state index in [0.29, 0.717) is 12.4 Å². The van der Waals surface area contributed by atoms with Gasteiger partial charge in [-0.25, -0.2) is 4.79 Å². The Morgan fingerprint density at radius 3 is 2.72 bits per heavy atom. The van der Waals surface area contributed by atoms with E-state index in [4.69, 9.17) is 0 Å². The highest BCUT2D eigenvalue weighted by atomic mass is 16.2. The Bertz CT molecular complexity index is 1100. The molecule has 8 nitrogen and oxygen atoms in total. The molecule has 0 aliphatic carbocycles. The van der Waals surface area contributed by atoms with E-state index in [9.17, 15) is 4.79 Å². The fraction of sp³-hybridized carbons (Fsp3) is 0.286. The van der Waals surface area contributed by atoms with Crippen LogP contribution in [0.2, 0.25) is 0 Å². The van der Waals surface area contributed by atoms with Crippen LogP contribution < -0.4 is 10.2 Å². The fourth-order valence-electron chi connectivity index (χ4n) is 3.72. The molecule has 5 rings (SSSR count). The first kappa shape index (κ1) is 17.5. The fourth-order valence-corrected chi connectivity index (χ4v) is 3.72. The number of amides is 2. The van der Waals surface area contributed by atoms with Gasteiger partial charge in [-0.15, -0.1) is 10.2 Å². The maximum atomic E-state index is 12.6. The molecular weight excluding hydrogens is 366 g/mol. The van der Waals surface area contributed by atoms with Gasteiger partial charge >= 0.3 is 6.03 Å². The largest absolute Gasteiger partial charge is 0.335 e. The van der Waals surface area contributed by atoms with Gasteiger partial charge in [0, 0.05) is 30.4 Å². The Labute approximate surface area is 168 Å². The summed E-state index contributed by atoms with van der Waals surface area (Å²) in [7, 11) is 0. The lowest BCUT2D eigenvalue weighted by molar-refractivity contribution is 0.251. The molecule has 3 heterocycles. The average Bonchev–Trinajstić information content (AvgIpc) is 3.47. The molecule has 8 heteroatoms.